The molecule has 0 aliphatic carbocycles. The minimum Gasteiger partial charge on any atom is -0.469 e. The maximum atomic E-state index is 12.6. The summed E-state index contributed by atoms with van der Waals surface area (Å²) in [5.41, 5.74) is -1.13. The molecular weight excluding hydrogens is 298 g/mol. The third-order valence-corrected chi connectivity index (χ3v) is 7.11. The van der Waals surface area contributed by atoms with Gasteiger partial charge in [0.05, 0.1) is 12.9 Å². The summed E-state index contributed by atoms with van der Waals surface area (Å²) in [6.07, 6.45) is 1.91. The van der Waals surface area contributed by atoms with Gasteiger partial charge in [0, 0.05) is 13.0 Å². The van der Waals surface area contributed by atoms with Crippen LogP contribution >= 0.6 is 0 Å². The Hall–Kier alpha value is -1.15. The van der Waals surface area contributed by atoms with E-state index in [9.17, 15) is 18.0 Å². The zero-order valence-electron chi connectivity index (χ0n) is 12.1. The molecule has 0 radical (unpaired) electrons. The first-order valence-electron chi connectivity index (χ1n) is 7.17. The van der Waals surface area contributed by atoms with Gasteiger partial charge in [0.25, 0.3) is 10.8 Å². The number of piperidine rings is 2. The second-order valence-corrected chi connectivity index (χ2v) is 8.26. The molecule has 0 unspecified atom stereocenters. The van der Waals surface area contributed by atoms with Crippen molar-refractivity contribution in [1.82, 2.24) is 4.90 Å². The molecule has 3 rings (SSSR count). The largest absolute Gasteiger partial charge is 0.469 e. The average Bonchev–Trinajstić information content (AvgIpc) is 2.96. The molecular formula is C13H19NO6S. The number of ether oxygens (including phenoxy) is 2. The third kappa shape index (κ3) is 1.60. The van der Waals surface area contributed by atoms with Gasteiger partial charge in [-0.05, 0) is 19.3 Å². The highest BCUT2D eigenvalue weighted by atomic mass is 32.2. The predicted octanol–water partition coefficient (Wildman–Crippen LogP) is 0.0493. The van der Waals surface area contributed by atoms with Crippen LogP contribution in [0.3, 0.4) is 0 Å². The van der Waals surface area contributed by atoms with Crippen LogP contribution in [0.1, 0.15) is 32.6 Å². The third-order valence-electron chi connectivity index (χ3n) is 4.92. The van der Waals surface area contributed by atoms with E-state index < -0.39 is 38.3 Å². The highest BCUT2D eigenvalue weighted by Gasteiger charge is 2.77. The topological polar surface area (TPSA) is 90.0 Å². The minimum absolute atomic E-state index is 0.134. The lowest BCUT2D eigenvalue weighted by atomic mass is 9.82. The molecule has 21 heavy (non-hydrogen) atoms. The summed E-state index contributed by atoms with van der Waals surface area (Å²) >= 11 is 0. The Morgan fingerprint density at radius 2 is 2.19 bits per heavy atom. The fraction of sp³-hybridized carbons (Fsp3) is 0.846. The summed E-state index contributed by atoms with van der Waals surface area (Å²) in [4.78, 5) is 24.3. The van der Waals surface area contributed by atoms with Crippen molar-refractivity contribution in [2.24, 2.45) is 5.92 Å². The number of nitrogens with zero attached hydrogens (tertiary/aromatic N) is 1. The number of sulfone groups is 1. The maximum Gasteiger partial charge on any atom is 0.313 e. The van der Waals surface area contributed by atoms with Crippen molar-refractivity contribution in [3.05, 3.63) is 0 Å². The zero-order chi connectivity index (χ0) is 15.5. The Bertz CT molecular complexity index is 602. The van der Waals surface area contributed by atoms with Crippen LogP contribution in [0.2, 0.25) is 0 Å². The van der Waals surface area contributed by atoms with Crippen molar-refractivity contribution in [2.75, 3.05) is 19.4 Å². The molecule has 0 N–H and O–H groups in total. The summed E-state index contributed by atoms with van der Waals surface area (Å²) in [6, 6.07) is 0. The summed E-state index contributed by atoms with van der Waals surface area (Å²) < 4.78 is 35.6. The van der Waals surface area contributed by atoms with Gasteiger partial charge in [-0.15, -0.1) is 0 Å². The van der Waals surface area contributed by atoms with Crippen LogP contribution in [0, 0.1) is 5.92 Å². The van der Waals surface area contributed by atoms with Gasteiger partial charge in [0.2, 0.25) is 0 Å². The Kier molecular flexibility index (Phi) is 3.11. The summed E-state index contributed by atoms with van der Waals surface area (Å²) in [6.45, 7) is 1.91. The van der Waals surface area contributed by atoms with Crippen LogP contribution < -0.4 is 0 Å². The Balaban J connectivity index is 2.14. The second-order valence-electron chi connectivity index (χ2n) is 5.80. The molecule has 1 amide bonds. The van der Waals surface area contributed by atoms with E-state index in [1.165, 1.54) is 18.9 Å². The molecule has 118 valence electrons. The van der Waals surface area contributed by atoms with Gasteiger partial charge in [-0.2, -0.15) is 0 Å². The molecule has 0 saturated carbocycles. The van der Waals surface area contributed by atoms with Crippen LogP contribution in [-0.4, -0.2) is 55.3 Å². The van der Waals surface area contributed by atoms with Crippen LogP contribution in [-0.2, 0) is 28.9 Å². The van der Waals surface area contributed by atoms with Crippen molar-refractivity contribution in [2.45, 2.75) is 43.3 Å². The number of hydrogen-bond donors (Lipinski definition) is 0. The Morgan fingerprint density at radius 3 is 2.81 bits per heavy atom. The van der Waals surface area contributed by atoms with E-state index in [0.717, 1.165) is 12.8 Å². The standard InChI is InChI=1S/C13H19NO6S/c1-3-21(17,18)13-8-9(10(15)19-2)12(20-13)6-4-5-7-14(12)11(13)16/h9H,3-8H2,1-2H3/t9-,12+,13+/m0/s1. The molecule has 1 spiro atoms. The number of carbonyl (C=O) groups is 2. The first-order valence-corrected chi connectivity index (χ1v) is 8.82. The summed E-state index contributed by atoms with van der Waals surface area (Å²) in [5, 5.41) is 0. The first-order chi connectivity index (χ1) is 9.84. The quantitative estimate of drug-likeness (QED) is 0.683. The first kappa shape index (κ1) is 14.8. The fourth-order valence-corrected chi connectivity index (χ4v) is 5.38. The molecule has 3 saturated heterocycles. The van der Waals surface area contributed by atoms with Gasteiger partial charge in [-0.1, -0.05) is 6.92 Å². The molecule has 3 heterocycles. The molecule has 3 fully saturated rings. The normalized spacial score (nSPS) is 38.5. The number of hydrogen-bond acceptors (Lipinski definition) is 6. The molecule has 7 nitrogen and oxygen atoms in total. The monoisotopic (exact) mass is 317 g/mol. The van der Waals surface area contributed by atoms with E-state index in [-0.39, 0.29) is 12.2 Å². The molecule has 0 aromatic carbocycles. The van der Waals surface area contributed by atoms with E-state index >= 15 is 0 Å². The van der Waals surface area contributed by atoms with Crippen molar-refractivity contribution in [3.8, 4) is 0 Å². The number of methoxy groups -OCH3 is 1. The average molecular weight is 317 g/mol. The highest BCUT2D eigenvalue weighted by Crippen LogP contribution is 2.58. The molecule has 2 bridgehead atoms. The molecule has 3 aliphatic heterocycles. The Labute approximate surface area is 123 Å². The van der Waals surface area contributed by atoms with E-state index in [0.29, 0.717) is 13.0 Å². The summed E-state index contributed by atoms with van der Waals surface area (Å²) in [7, 11) is -2.51. The van der Waals surface area contributed by atoms with Crippen molar-refractivity contribution in [3.63, 3.8) is 0 Å². The van der Waals surface area contributed by atoms with E-state index in [4.69, 9.17) is 9.47 Å². The zero-order valence-corrected chi connectivity index (χ0v) is 12.9. The number of esters is 1. The predicted molar refractivity (Wildman–Crippen MR) is 71.7 cm³/mol. The smallest absolute Gasteiger partial charge is 0.313 e. The minimum atomic E-state index is -3.78. The molecule has 8 heteroatoms. The van der Waals surface area contributed by atoms with Crippen molar-refractivity contribution >= 4 is 21.7 Å². The van der Waals surface area contributed by atoms with Crippen molar-refractivity contribution in [1.29, 1.82) is 0 Å². The lowest BCUT2D eigenvalue weighted by Crippen LogP contribution is -2.60. The van der Waals surface area contributed by atoms with Gasteiger partial charge in [0.1, 0.15) is 5.92 Å². The van der Waals surface area contributed by atoms with Gasteiger partial charge in [-0.25, -0.2) is 8.42 Å². The number of fused-ring (bicyclic) bond motifs is 1. The van der Waals surface area contributed by atoms with Gasteiger partial charge < -0.3 is 14.4 Å². The van der Waals surface area contributed by atoms with E-state index in [2.05, 4.69) is 0 Å². The van der Waals surface area contributed by atoms with Gasteiger partial charge >= 0.3 is 5.97 Å². The van der Waals surface area contributed by atoms with Crippen LogP contribution in [0.15, 0.2) is 0 Å². The van der Waals surface area contributed by atoms with E-state index in [1.54, 1.807) is 0 Å². The van der Waals surface area contributed by atoms with Gasteiger partial charge in [-0.3, -0.25) is 9.59 Å². The van der Waals surface area contributed by atoms with Crippen molar-refractivity contribution < 1.29 is 27.5 Å². The van der Waals surface area contributed by atoms with Crippen LogP contribution in [0.25, 0.3) is 0 Å². The molecule has 3 atom stereocenters. The highest BCUT2D eigenvalue weighted by molar-refractivity contribution is 7.93. The number of carbonyl (C=O) groups excluding carboxylic acids is 2. The second kappa shape index (κ2) is 4.42. The van der Waals surface area contributed by atoms with Gasteiger partial charge in [0.15, 0.2) is 15.6 Å². The van der Waals surface area contributed by atoms with Crippen LogP contribution in [0.5, 0.6) is 0 Å². The lowest BCUT2D eigenvalue weighted by molar-refractivity contribution is -0.170. The van der Waals surface area contributed by atoms with Crippen LogP contribution in [0.4, 0.5) is 0 Å². The molecule has 3 aliphatic rings. The molecule has 0 aromatic heterocycles. The lowest BCUT2D eigenvalue weighted by Gasteiger charge is -2.43. The maximum absolute atomic E-state index is 12.6. The number of amides is 1. The SMILES string of the molecule is CCS(=O)(=O)[C@]12C[C@@H](C(=O)OC)[C@@]3(CCCCN3C1=O)O2. The summed E-state index contributed by atoms with van der Waals surface area (Å²) in [5.74, 6) is -1.95. The fourth-order valence-electron chi connectivity index (χ4n) is 3.84. The molecule has 0 aromatic rings. The number of rotatable bonds is 3. The van der Waals surface area contributed by atoms with E-state index in [1.807, 2.05) is 0 Å². The Morgan fingerprint density at radius 1 is 1.48 bits per heavy atom.